The van der Waals surface area contributed by atoms with Crippen LogP contribution >= 0.6 is 0 Å². The minimum Gasteiger partial charge on any atom is -0.495 e. The van der Waals surface area contributed by atoms with Gasteiger partial charge in [0.25, 0.3) is 5.91 Å². The van der Waals surface area contributed by atoms with Crippen molar-refractivity contribution in [1.82, 2.24) is 5.43 Å². The Balaban J connectivity index is 2.07. The van der Waals surface area contributed by atoms with Crippen molar-refractivity contribution >= 4 is 29.2 Å². The highest BCUT2D eigenvalue weighted by Gasteiger charge is 2.64. The van der Waals surface area contributed by atoms with E-state index in [4.69, 9.17) is 4.74 Å². The number of carbonyl (C=O) groups excluding carboxylic acids is 3. The minimum absolute atomic E-state index is 0.106. The number of nitrogens with one attached hydrogen (secondary N) is 1. The smallest absolute Gasteiger partial charge is 0.355 e. The third-order valence-corrected chi connectivity index (χ3v) is 4.09. The molecule has 1 aromatic rings. The lowest BCUT2D eigenvalue weighted by Crippen LogP contribution is -2.48. The molecular formula is C15H15N3O5. The number of ether oxygens (including phenoxy) is 2. The summed E-state index contributed by atoms with van der Waals surface area (Å²) in [5.41, 5.74) is 1.51. The molecule has 0 saturated carbocycles. The van der Waals surface area contributed by atoms with Crippen LogP contribution in [-0.2, 0) is 19.1 Å². The number of carbonyl (C=O) groups is 3. The first-order valence-corrected chi connectivity index (χ1v) is 6.90. The molecule has 1 fully saturated rings. The Morgan fingerprint density at radius 2 is 2.00 bits per heavy atom. The maximum atomic E-state index is 12.8. The molecule has 0 radical (unpaired) electrons. The predicted octanol–water partition coefficient (Wildman–Crippen LogP) is 0.0755. The van der Waals surface area contributed by atoms with Crippen molar-refractivity contribution in [3.8, 4) is 5.75 Å². The number of amides is 2. The Kier molecular flexibility index (Phi) is 3.32. The second kappa shape index (κ2) is 5.08. The molecule has 8 nitrogen and oxygen atoms in total. The lowest BCUT2D eigenvalue weighted by Gasteiger charge is -2.21. The first kappa shape index (κ1) is 15.0. The van der Waals surface area contributed by atoms with Gasteiger partial charge in [-0.25, -0.2) is 9.69 Å². The van der Waals surface area contributed by atoms with Crippen LogP contribution in [0.15, 0.2) is 29.4 Å². The molecule has 2 heterocycles. The number of para-hydroxylation sites is 2. The van der Waals surface area contributed by atoms with E-state index < -0.39 is 29.2 Å². The SMILES string of the molecule is COC(=O)C1=NN[C@@]2(C)C(=O)N(c3ccccc3OC)C(=O)[C@H]12. The second-order valence-corrected chi connectivity index (χ2v) is 5.39. The number of methoxy groups -OCH3 is 2. The maximum Gasteiger partial charge on any atom is 0.355 e. The average molecular weight is 317 g/mol. The molecule has 0 aliphatic carbocycles. The number of rotatable bonds is 3. The van der Waals surface area contributed by atoms with Crippen LogP contribution in [0.3, 0.4) is 0 Å². The van der Waals surface area contributed by atoms with Gasteiger partial charge in [-0.2, -0.15) is 5.10 Å². The van der Waals surface area contributed by atoms with Crippen LogP contribution in [0.25, 0.3) is 0 Å². The van der Waals surface area contributed by atoms with Crippen molar-refractivity contribution in [1.29, 1.82) is 0 Å². The zero-order chi connectivity index (χ0) is 16.8. The van der Waals surface area contributed by atoms with Gasteiger partial charge in [-0.1, -0.05) is 12.1 Å². The molecule has 0 bridgehead atoms. The highest BCUT2D eigenvalue weighted by molar-refractivity contribution is 6.47. The number of anilines is 1. The van der Waals surface area contributed by atoms with E-state index in [2.05, 4.69) is 15.3 Å². The summed E-state index contributed by atoms with van der Waals surface area (Å²) in [6.07, 6.45) is 0. The predicted molar refractivity (Wildman–Crippen MR) is 80.0 cm³/mol. The number of hydrazone groups is 1. The first-order chi connectivity index (χ1) is 11.0. The van der Waals surface area contributed by atoms with Crippen LogP contribution in [0.5, 0.6) is 5.75 Å². The second-order valence-electron chi connectivity index (χ2n) is 5.39. The zero-order valence-electron chi connectivity index (χ0n) is 12.8. The molecule has 1 N–H and O–H groups in total. The molecule has 2 aliphatic rings. The van der Waals surface area contributed by atoms with E-state index >= 15 is 0 Å². The molecule has 0 spiro atoms. The summed E-state index contributed by atoms with van der Waals surface area (Å²) in [6, 6.07) is 6.68. The molecule has 2 amide bonds. The number of hydrogen-bond acceptors (Lipinski definition) is 7. The summed E-state index contributed by atoms with van der Waals surface area (Å²) in [7, 11) is 2.64. The van der Waals surface area contributed by atoms with E-state index in [9.17, 15) is 14.4 Å². The van der Waals surface area contributed by atoms with Gasteiger partial charge in [0.15, 0.2) is 5.71 Å². The lowest BCUT2D eigenvalue weighted by atomic mass is 9.86. The van der Waals surface area contributed by atoms with E-state index in [-0.39, 0.29) is 5.71 Å². The van der Waals surface area contributed by atoms with E-state index in [0.29, 0.717) is 11.4 Å². The molecule has 1 saturated heterocycles. The molecule has 23 heavy (non-hydrogen) atoms. The number of nitrogens with zero attached hydrogens (tertiary/aromatic N) is 2. The summed E-state index contributed by atoms with van der Waals surface area (Å²) < 4.78 is 9.86. The van der Waals surface area contributed by atoms with Gasteiger partial charge in [-0.15, -0.1) is 0 Å². The highest BCUT2D eigenvalue weighted by Crippen LogP contribution is 2.40. The van der Waals surface area contributed by atoms with Gasteiger partial charge >= 0.3 is 5.97 Å². The van der Waals surface area contributed by atoms with E-state index in [0.717, 1.165) is 4.90 Å². The first-order valence-electron chi connectivity index (χ1n) is 6.90. The molecule has 0 unspecified atom stereocenters. The largest absolute Gasteiger partial charge is 0.495 e. The van der Waals surface area contributed by atoms with Crippen molar-refractivity contribution in [2.75, 3.05) is 19.1 Å². The maximum absolute atomic E-state index is 12.8. The van der Waals surface area contributed by atoms with Crippen LogP contribution in [0.1, 0.15) is 6.92 Å². The van der Waals surface area contributed by atoms with E-state index in [1.54, 1.807) is 24.3 Å². The molecule has 8 heteroatoms. The Morgan fingerprint density at radius 1 is 1.30 bits per heavy atom. The summed E-state index contributed by atoms with van der Waals surface area (Å²) in [5, 5.41) is 3.83. The Bertz CT molecular complexity index is 744. The van der Waals surface area contributed by atoms with Crippen molar-refractivity contribution in [2.24, 2.45) is 11.0 Å². The summed E-state index contributed by atoms with van der Waals surface area (Å²) >= 11 is 0. The van der Waals surface area contributed by atoms with Gasteiger partial charge in [0.05, 0.1) is 19.9 Å². The Hall–Kier alpha value is -2.90. The van der Waals surface area contributed by atoms with Gasteiger partial charge in [0.2, 0.25) is 5.91 Å². The third-order valence-electron chi connectivity index (χ3n) is 4.09. The fourth-order valence-electron chi connectivity index (χ4n) is 2.89. The fourth-order valence-corrected chi connectivity index (χ4v) is 2.89. The quantitative estimate of drug-likeness (QED) is 0.626. The molecule has 1 aromatic carbocycles. The summed E-state index contributed by atoms with van der Waals surface area (Å²) in [5.74, 6) is -2.44. The molecule has 2 atom stereocenters. The van der Waals surface area contributed by atoms with Crippen molar-refractivity contribution in [3.63, 3.8) is 0 Å². The van der Waals surface area contributed by atoms with Gasteiger partial charge in [-0.3, -0.25) is 15.0 Å². The average Bonchev–Trinajstić information content (AvgIpc) is 3.01. The van der Waals surface area contributed by atoms with Crippen molar-refractivity contribution in [2.45, 2.75) is 12.5 Å². The van der Waals surface area contributed by atoms with Crippen LogP contribution in [0, 0.1) is 5.92 Å². The normalized spacial score (nSPS) is 25.8. The van der Waals surface area contributed by atoms with Crippen molar-refractivity contribution in [3.05, 3.63) is 24.3 Å². The highest BCUT2D eigenvalue weighted by atomic mass is 16.5. The Morgan fingerprint density at radius 3 is 2.65 bits per heavy atom. The van der Waals surface area contributed by atoms with Crippen LogP contribution in [0.4, 0.5) is 5.69 Å². The molecule has 3 rings (SSSR count). The topological polar surface area (TPSA) is 97.3 Å². The minimum atomic E-state index is -1.32. The summed E-state index contributed by atoms with van der Waals surface area (Å²) in [4.78, 5) is 38.5. The fraction of sp³-hybridized carbons (Fsp3) is 0.333. The molecular weight excluding hydrogens is 302 g/mol. The van der Waals surface area contributed by atoms with Crippen LogP contribution in [-0.4, -0.2) is 43.3 Å². The van der Waals surface area contributed by atoms with Crippen LogP contribution in [0.2, 0.25) is 0 Å². The summed E-state index contributed by atoms with van der Waals surface area (Å²) in [6.45, 7) is 1.53. The van der Waals surface area contributed by atoms with Gasteiger partial charge in [0, 0.05) is 0 Å². The van der Waals surface area contributed by atoms with Crippen molar-refractivity contribution < 1.29 is 23.9 Å². The van der Waals surface area contributed by atoms with Gasteiger partial charge < -0.3 is 9.47 Å². The number of fused-ring (bicyclic) bond motifs is 1. The number of imide groups is 1. The van der Waals surface area contributed by atoms with Gasteiger partial charge in [0.1, 0.15) is 17.2 Å². The standard InChI is InChI=1S/C15H15N3O5/c1-15-10(11(16-17-15)13(20)23-3)12(19)18(14(15)21)8-6-4-5-7-9(8)22-2/h4-7,10,17H,1-3H3/t10-,15+/m0/s1. The zero-order valence-corrected chi connectivity index (χ0v) is 12.8. The number of benzene rings is 1. The molecule has 2 aliphatic heterocycles. The lowest BCUT2D eigenvalue weighted by molar-refractivity contribution is -0.133. The molecule has 120 valence electrons. The molecule has 0 aromatic heterocycles. The monoisotopic (exact) mass is 317 g/mol. The van der Waals surface area contributed by atoms with Gasteiger partial charge in [-0.05, 0) is 19.1 Å². The van der Waals surface area contributed by atoms with E-state index in [1.165, 1.54) is 21.1 Å². The van der Waals surface area contributed by atoms with E-state index in [1.807, 2.05) is 0 Å². The Labute approximate surface area is 132 Å². The third kappa shape index (κ3) is 1.91. The number of hydrogen-bond donors (Lipinski definition) is 1. The number of esters is 1. The van der Waals surface area contributed by atoms with Crippen LogP contribution < -0.4 is 15.1 Å².